The zero-order chi connectivity index (χ0) is 6.85. The van der Waals surface area contributed by atoms with E-state index in [0.717, 1.165) is 11.3 Å². The van der Waals surface area contributed by atoms with Crippen LogP contribution < -0.4 is 0 Å². The smallest absolute Gasteiger partial charge is 0.412 e. The Kier molecular flexibility index (Phi) is 1.38. The van der Waals surface area contributed by atoms with Gasteiger partial charge in [-0.25, -0.2) is 4.79 Å². The molecular weight excluding hydrogens is 120 g/mol. The predicted molar refractivity (Wildman–Crippen MR) is 31.7 cm³/mol. The molecule has 4 heteroatoms. The lowest BCUT2D eigenvalue weighted by molar-refractivity contribution is 0.172. The van der Waals surface area contributed by atoms with Gasteiger partial charge in [-0.15, -0.1) is 0 Å². The molecule has 0 bridgehead atoms. The van der Waals surface area contributed by atoms with E-state index in [2.05, 4.69) is 0 Å². The van der Waals surface area contributed by atoms with E-state index in [-0.39, 0.29) is 5.84 Å². The van der Waals surface area contributed by atoms with Crippen molar-refractivity contribution in [3.63, 3.8) is 0 Å². The van der Waals surface area contributed by atoms with Gasteiger partial charge in [0.15, 0.2) is 0 Å². The molecule has 1 aliphatic heterocycles. The first-order valence-electron chi connectivity index (χ1n) is 2.79. The van der Waals surface area contributed by atoms with Crippen molar-refractivity contribution < 1.29 is 9.90 Å². The lowest BCUT2D eigenvalue weighted by atomic mass is 10.4. The Hall–Kier alpha value is -1.06. The number of carboxylic acid groups (broad SMARTS) is 1. The topological polar surface area (TPSA) is 64.4 Å². The van der Waals surface area contributed by atoms with Crippen LogP contribution >= 0.6 is 0 Å². The molecule has 0 aliphatic carbocycles. The van der Waals surface area contributed by atoms with Crippen LogP contribution in [0.3, 0.4) is 0 Å². The summed E-state index contributed by atoms with van der Waals surface area (Å²) in [6, 6.07) is 0. The molecule has 0 aromatic rings. The van der Waals surface area contributed by atoms with Crippen molar-refractivity contribution in [1.29, 1.82) is 5.41 Å². The van der Waals surface area contributed by atoms with Crippen molar-refractivity contribution in [2.75, 3.05) is 6.54 Å². The highest BCUT2D eigenvalue weighted by atomic mass is 16.4. The monoisotopic (exact) mass is 128 g/mol. The lowest BCUT2D eigenvalue weighted by Crippen LogP contribution is -2.29. The fourth-order valence-corrected chi connectivity index (χ4v) is 0.886. The number of rotatable bonds is 0. The zero-order valence-corrected chi connectivity index (χ0v) is 4.92. The third-order valence-electron chi connectivity index (χ3n) is 1.35. The van der Waals surface area contributed by atoms with Gasteiger partial charge in [-0.3, -0.25) is 10.3 Å². The van der Waals surface area contributed by atoms with Crippen molar-refractivity contribution in [1.82, 2.24) is 4.90 Å². The van der Waals surface area contributed by atoms with E-state index in [1.807, 2.05) is 0 Å². The number of nitrogens with one attached hydrogen (secondary N) is 1. The first-order chi connectivity index (χ1) is 4.22. The Morgan fingerprint density at radius 2 is 2.44 bits per heavy atom. The molecule has 50 valence electrons. The van der Waals surface area contributed by atoms with Crippen LogP contribution in [0.4, 0.5) is 4.79 Å². The van der Waals surface area contributed by atoms with Crippen LogP contribution in [-0.4, -0.2) is 28.5 Å². The molecule has 0 radical (unpaired) electrons. The van der Waals surface area contributed by atoms with Gasteiger partial charge in [-0.1, -0.05) is 0 Å². The maximum Gasteiger partial charge on any atom is 0.412 e. The van der Waals surface area contributed by atoms with E-state index in [1.165, 1.54) is 0 Å². The van der Waals surface area contributed by atoms with Gasteiger partial charge in [-0.05, 0) is 6.42 Å². The molecule has 0 aromatic heterocycles. The summed E-state index contributed by atoms with van der Waals surface area (Å²) in [7, 11) is 0. The van der Waals surface area contributed by atoms with Crippen molar-refractivity contribution in [2.24, 2.45) is 0 Å². The molecule has 0 atom stereocenters. The minimum Gasteiger partial charge on any atom is -0.465 e. The normalized spacial score (nSPS) is 18.7. The second-order valence-corrected chi connectivity index (χ2v) is 1.98. The molecule has 0 unspecified atom stereocenters. The highest BCUT2D eigenvalue weighted by Crippen LogP contribution is 2.08. The Balaban J connectivity index is 2.60. The zero-order valence-electron chi connectivity index (χ0n) is 4.92. The quantitative estimate of drug-likeness (QED) is 0.505. The summed E-state index contributed by atoms with van der Waals surface area (Å²) in [5.74, 6) is 0.225. The van der Waals surface area contributed by atoms with Crippen LogP contribution in [0.2, 0.25) is 0 Å². The van der Waals surface area contributed by atoms with Crippen molar-refractivity contribution in [3.8, 4) is 0 Å². The summed E-state index contributed by atoms with van der Waals surface area (Å²) >= 11 is 0. The van der Waals surface area contributed by atoms with Gasteiger partial charge in [-0.2, -0.15) is 0 Å². The van der Waals surface area contributed by atoms with E-state index in [4.69, 9.17) is 10.5 Å². The Morgan fingerprint density at radius 1 is 1.78 bits per heavy atom. The predicted octanol–water partition coefficient (Wildman–Crippen LogP) is 0.737. The van der Waals surface area contributed by atoms with E-state index in [1.54, 1.807) is 0 Å². The summed E-state index contributed by atoms with van der Waals surface area (Å²) in [6.45, 7) is 0.494. The van der Waals surface area contributed by atoms with Gasteiger partial charge in [0.25, 0.3) is 0 Å². The minimum absolute atomic E-state index is 0.225. The molecule has 9 heavy (non-hydrogen) atoms. The van der Waals surface area contributed by atoms with Crippen LogP contribution in [0.25, 0.3) is 0 Å². The van der Waals surface area contributed by atoms with E-state index in [0.29, 0.717) is 13.0 Å². The summed E-state index contributed by atoms with van der Waals surface area (Å²) < 4.78 is 0. The summed E-state index contributed by atoms with van der Waals surface area (Å²) in [4.78, 5) is 11.3. The van der Waals surface area contributed by atoms with E-state index < -0.39 is 6.09 Å². The highest BCUT2D eigenvalue weighted by molar-refractivity contribution is 5.94. The van der Waals surface area contributed by atoms with Crippen molar-refractivity contribution in [3.05, 3.63) is 0 Å². The van der Waals surface area contributed by atoms with Crippen molar-refractivity contribution in [2.45, 2.75) is 12.8 Å². The summed E-state index contributed by atoms with van der Waals surface area (Å²) in [5.41, 5.74) is 0. The molecule has 0 spiro atoms. The first-order valence-corrected chi connectivity index (χ1v) is 2.79. The largest absolute Gasteiger partial charge is 0.465 e. The maximum atomic E-state index is 10.2. The Labute approximate surface area is 52.6 Å². The fourth-order valence-electron chi connectivity index (χ4n) is 0.886. The van der Waals surface area contributed by atoms with Gasteiger partial charge in [0.05, 0.1) is 0 Å². The number of amidine groups is 1. The van der Waals surface area contributed by atoms with Gasteiger partial charge in [0.1, 0.15) is 5.84 Å². The van der Waals surface area contributed by atoms with Gasteiger partial charge in [0, 0.05) is 13.0 Å². The SMILES string of the molecule is N=C1CCCN1C(=O)O. The summed E-state index contributed by atoms with van der Waals surface area (Å²) in [6.07, 6.45) is 0.398. The molecular formula is C5H8N2O2. The van der Waals surface area contributed by atoms with Crippen LogP contribution in [0, 0.1) is 5.41 Å². The molecule has 1 fully saturated rings. The molecule has 1 heterocycles. The van der Waals surface area contributed by atoms with Gasteiger partial charge in [0.2, 0.25) is 0 Å². The second kappa shape index (κ2) is 2.05. The number of nitrogens with zero attached hydrogens (tertiary/aromatic N) is 1. The average molecular weight is 128 g/mol. The van der Waals surface area contributed by atoms with Crippen LogP contribution in [0.1, 0.15) is 12.8 Å². The number of hydrogen-bond donors (Lipinski definition) is 2. The van der Waals surface area contributed by atoms with Crippen molar-refractivity contribution >= 4 is 11.9 Å². The molecule has 1 amide bonds. The van der Waals surface area contributed by atoms with E-state index >= 15 is 0 Å². The molecule has 2 N–H and O–H groups in total. The standard InChI is InChI=1S/C5H8N2O2/c6-4-2-1-3-7(4)5(8)9/h6H,1-3H2,(H,8,9). The summed E-state index contributed by atoms with van der Waals surface area (Å²) in [5, 5.41) is 15.5. The molecule has 0 saturated carbocycles. The highest BCUT2D eigenvalue weighted by Gasteiger charge is 2.21. The Bertz CT molecular complexity index is 155. The van der Waals surface area contributed by atoms with Gasteiger partial charge < -0.3 is 5.11 Å². The number of likely N-dealkylation sites (tertiary alicyclic amines) is 1. The second-order valence-electron chi connectivity index (χ2n) is 1.98. The minimum atomic E-state index is -1.00. The average Bonchev–Trinajstić information content (AvgIpc) is 2.13. The third-order valence-corrected chi connectivity index (χ3v) is 1.35. The molecule has 4 nitrogen and oxygen atoms in total. The first kappa shape index (κ1) is 6.07. The number of amides is 1. The molecule has 0 aromatic carbocycles. The van der Waals surface area contributed by atoms with Gasteiger partial charge >= 0.3 is 6.09 Å². The number of hydrogen-bond acceptors (Lipinski definition) is 2. The molecule has 1 saturated heterocycles. The maximum absolute atomic E-state index is 10.2. The fraction of sp³-hybridized carbons (Fsp3) is 0.600. The van der Waals surface area contributed by atoms with Crippen LogP contribution in [0.5, 0.6) is 0 Å². The lowest BCUT2D eigenvalue weighted by Gasteiger charge is -2.08. The van der Waals surface area contributed by atoms with Crippen LogP contribution in [-0.2, 0) is 0 Å². The van der Waals surface area contributed by atoms with E-state index in [9.17, 15) is 4.79 Å². The third kappa shape index (κ3) is 1.01. The molecule has 1 aliphatic rings. The van der Waals surface area contributed by atoms with Crippen LogP contribution in [0.15, 0.2) is 0 Å². The molecule has 1 rings (SSSR count). The number of carbonyl (C=O) groups is 1. The Morgan fingerprint density at radius 3 is 2.67 bits per heavy atom.